The normalized spacial score (nSPS) is 29.5. The second kappa shape index (κ2) is 8.05. The molecule has 0 aliphatic heterocycles. The number of amides is 1. The molecule has 1 amide bonds. The Morgan fingerprint density at radius 1 is 1.12 bits per heavy atom. The monoisotopic (exact) mass is 342 g/mol. The molecule has 4 heteroatoms. The van der Waals surface area contributed by atoms with Gasteiger partial charge in [-0.05, 0) is 49.5 Å². The fourth-order valence-corrected chi connectivity index (χ4v) is 4.07. The Kier molecular flexibility index (Phi) is 5.79. The average molecular weight is 342 g/mol. The van der Waals surface area contributed by atoms with Crippen LogP contribution in [0.25, 0.3) is 6.08 Å². The van der Waals surface area contributed by atoms with Gasteiger partial charge in [0, 0.05) is 18.1 Å². The molecule has 0 unspecified atom stereocenters. The zero-order valence-corrected chi connectivity index (χ0v) is 15.2. The van der Waals surface area contributed by atoms with E-state index in [1.54, 1.807) is 5.57 Å². The van der Waals surface area contributed by atoms with E-state index in [0.717, 1.165) is 25.7 Å². The summed E-state index contributed by atoms with van der Waals surface area (Å²) in [7, 11) is 0. The Labute approximate surface area is 150 Å². The van der Waals surface area contributed by atoms with Crippen molar-refractivity contribution in [3.63, 3.8) is 0 Å². The lowest BCUT2D eigenvalue weighted by Gasteiger charge is -2.29. The van der Waals surface area contributed by atoms with Crippen LogP contribution in [0, 0.1) is 11.8 Å². The van der Waals surface area contributed by atoms with Crippen LogP contribution < -0.4 is 10.6 Å². The van der Waals surface area contributed by atoms with Crippen LogP contribution in [0.1, 0.15) is 51.5 Å². The first-order valence-electron chi connectivity index (χ1n) is 9.55. The summed E-state index contributed by atoms with van der Waals surface area (Å²) in [6.45, 7) is 4.57. The summed E-state index contributed by atoms with van der Waals surface area (Å²) < 4.78 is 0. The number of rotatable bonds is 6. The van der Waals surface area contributed by atoms with Crippen molar-refractivity contribution in [2.45, 2.75) is 64.1 Å². The minimum atomic E-state index is -0.897. The Morgan fingerprint density at radius 2 is 1.76 bits per heavy atom. The predicted octanol–water partition coefficient (Wildman–Crippen LogP) is 4.28. The fraction of sp³-hybridized carbons (Fsp3) is 0.571. The highest BCUT2D eigenvalue weighted by Gasteiger charge is 2.41. The molecule has 0 saturated heterocycles. The molecule has 4 nitrogen and oxygen atoms in total. The van der Waals surface area contributed by atoms with Crippen LogP contribution >= 0.6 is 0 Å². The van der Waals surface area contributed by atoms with Crippen LogP contribution in [0.3, 0.4) is 0 Å². The Morgan fingerprint density at radius 3 is 2.36 bits per heavy atom. The zero-order chi connectivity index (χ0) is 17.8. The molecule has 1 aromatic rings. The summed E-state index contributed by atoms with van der Waals surface area (Å²) in [5.74, 6) is 1.21. The number of hydrogen-bond acceptors (Lipinski definition) is 2. The second-order valence-electron chi connectivity index (χ2n) is 7.82. The van der Waals surface area contributed by atoms with Crippen LogP contribution in [0.4, 0.5) is 4.79 Å². The molecule has 0 aromatic heterocycles. The zero-order valence-electron chi connectivity index (χ0n) is 15.2. The Balaban J connectivity index is 1.52. The van der Waals surface area contributed by atoms with Gasteiger partial charge in [0.1, 0.15) is 0 Å². The maximum Gasteiger partial charge on any atom is 0.404 e. The topological polar surface area (TPSA) is 61.4 Å². The quantitative estimate of drug-likeness (QED) is 0.723. The van der Waals surface area contributed by atoms with Gasteiger partial charge in [-0.1, -0.05) is 55.8 Å². The van der Waals surface area contributed by atoms with Crippen molar-refractivity contribution in [2.75, 3.05) is 0 Å². The van der Waals surface area contributed by atoms with Crippen molar-refractivity contribution < 1.29 is 9.90 Å². The van der Waals surface area contributed by atoms with Crippen LogP contribution in [0.5, 0.6) is 0 Å². The van der Waals surface area contributed by atoms with Gasteiger partial charge >= 0.3 is 6.09 Å². The van der Waals surface area contributed by atoms with E-state index in [-0.39, 0.29) is 6.04 Å². The van der Waals surface area contributed by atoms with Gasteiger partial charge in [-0.25, -0.2) is 4.79 Å². The van der Waals surface area contributed by atoms with E-state index in [9.17, 15) is 4.79 Å². The third-order valence-electron chi connectivity index (χ3n) is 5.52. The third kappa shape index (κ3) is 5.08. The molecule has 2 saturated carbocycles. The average Bonchev–Trinajstić information content (AvgIpc) is 3.33. The summed E-state index contributed by atoms with van der Waals surface area (Å²) >= 11 is 0. The summed E-state index contributed by atoms with van der Waals surface area (Å²) in [5.41, 5.74) is 2.84. The molecule has 2 aliphatic rings. The lowest BCUT2D eigenvalue weighted by atomic mass is 9.91. The molecule has 0 radical (unpaired) electrons. The molecular formula is C21H30N2O2. The fourth-order valence-electron chi connectivity index (χ4n) is 4.07. The molecule has 2 aliphatic carbocycles. The maximum absolute atomic E-state index is 10.7. The van der Waals surface area contributed by atoms with Gasteiger partial charge in [-0.3, -0.25) is 0 Å². The van der Waals surface area contributed by atoms with Crippen molar-refractivity contribution >= 4 is 12.2 Å². The third-order valence-corrected chi connectivity index (χ3v) is 5.52. The van der Waals surface area contributed by atoms with Crippen molar-refractivity contribution in [2.24, 2.45) is 11.8 Å². The first-order chi connectivity index (χ1) is 12.0. The second-order valence-corrected chi connectivity index (χ2v) is 7.82. The summed E-state index contributed by atoms with van der Waals surface area (Å²) in [6.07, 6.45) is 6.71. The molecular weight excluding hydrogens is 312 g/mol. The van der Waals surface area contributed by atoms with E-state index < -0.39 is 6.09 Å². The molecule has 3 rings (SSSR count). The summed E-state index contributed by atoms with van der Waals surface area (Å²) in [6, 6.07) is 11.8. The van der Waals surface area contributed by atoms with Gasteiger partial charge in [0.05, 0.1) is 0 Å². The van der Waals surface area contributed by atoms with E-state index in [1.165, 1.54) is 12.0 Å². The molecule has 136 valence electrons. The van der Waals surface area contributed by atoms with Crippen molar-refractivity contribution in [3.05, 3.63) is 41.5 Å². The summed E-state index contributed by atoms with van der Waals surface area (Å²) in [4.78, 5) is 10.7. The van der Waals surface area contributed by atoms with Crippen molar-refractivity contribution in [1.29, 1.82) is 0 Å². The van der Waals surface area contributed by atoms with Gasteiger partial charge < -0.3 is 15.7 Å². The molecule has 2 atom stereocenters. The molecule has 3 N–H and O–H groups in total. The smallest absolute Gasteiger partial charge is 0.404 e. The standard InChI is InChI=1S/C21H30N2O2/c1-14(2)18(12-15-6-4-3-5-7-15)19-13-20(19)22-16-8-10-17(11-9-16)23-21(24)25/h3-7,12,14,16-17,19-20,22-23H,8-11,13H2,1-2H3,(H,24,25)/b18-12+/t16-,17+,19-,20+/m0/s1. The first-order valence-corrected chi connectivity index (χ1v) is 9.55. The largest absolute Gasteiger partial charge is 0.465 e. The van der Waals surface area contributed by atoms with Crippen LogP contribution in [0.2, 0.25) is 0 Å². The minimum absolute atomic E-state index is 0.134. The van der Waals surface area contributed by atoms with E-state index in [1.807, 2.05) is 0 Å². The predicted molar refractivity (Wildman–Crippen MR) is 101 cm³/mol. The van der Waals surface area contributed by atoms with E-state index in [4.69, 9.17) is 5.11 Å². The van der Waals surface area contributed by atoms with Gasteiger partial charge in [0.15, 0.2) is 0 Å². The highest BCUT2D eigenvalue weighted by Crippen LogP contribution is 2.42. The SMILES string of the molecule is CC(C)/C(=C\c1ccccc1)[C@@H]1C[C@H]1N[C@H]1CC[C@@H](NC(=O)O)CC1. The first kappa shape index (κ1) is 18.0. The van der Waals surface area contributed by atoms with Crippen molar-refractivity contribution in [3.8, 4) is 0 Å². The van der Waals surface area contributed by atoms with E-state index in [2.05, 4.69) is 60.9 Å². The number of benzene rings is 1. The van der Waals surface area contributed by atoms with Crippen LogP contribution in [0.15, 0.2) is 35.9 Å². The number of nitrogens with one attached hydrogen (secondary N) is 2. The van der Waals surface area contributed by atoms with Crippen LogP contribution in [-0.4, -0.2) is 29.3 Å². The van der Waals surface area contributed by atoms with Gasteiger partial charge in [-0.15, -0.1) is 0 Å². The highest BCUT2D eigenvalue weighted by molar-refractivity contribution is 5.64. The van der Waals surface area contributed by atoms with E-state index >= 15 is 0 Å². The minimum Gasteiger partial charge on any atom is -0.465 e. The number of hydrogen-bond donors (Lipinski definition) is 3. The van der Waals surface area contributed by atoms with Gasteiger partial charge in [-0.2, -0.15) is 0 Å². The molecule has 25 heavy (non-hydrogen) atoms. The molecule has 1 aromatic carbocycles. The molecule has 0 bridgehead atoms. The number of carbonyl (C=O) groups is 1. The Hall–Kier alpha value is -1.81. The molecule has 0 heterocycles. The van der Waals surface area contributed by atoms with Gasteiger partial charge in [0.25, 0.3) is 0 Å². The molecule has 2 fully saturated rings. The lowest BCUT2D eigenvalue weighted by Crippen LogP contribution is -2.42. The Bertz CT molecular complexity index is 604. The van der Waals surface area contributed by atoms with Gasteiger partial charge in [0.2, 0.25) is 0 Å². The molecule has 0 spiro atoms. The summed E-state index contributed by atoms with van der Waals surface area (Å²) in [5, 5.41) is 15.3. The maximum atomic E-state index is 10.7. The highest BCUT2D eigenvalue weighted by atomic mass is 16.4. The van der Waals surface area contributed by atoms with E-state index in [0.29, 0.717) is 23.9 Å². The van der Waals surface area contributed by atoms with Crippen molar-refractivity contribution in [1.82, 2.24) is 10.6 Å². The lowest BCUT2D eigenvalue weighted by molar-refractivity contribution is 0.183. The van der Waals surface area contributed by atoms with Crippen LogP contribution in [-0.2, 0) is 0 Å². The number of carboxylic acid groups (broad SMARTS) is 1.